The van der Waals surface area contributed by atoms with Gasteiger partial charge in [-0.2, -0.15) is 5.21 Å². The number of tetrazole rings is 1. The number of nitrogens with zero attached hydrogens (tertiary/aromatic N) is 4. The molecule has 5 rings (SSSR count). The van der Waals surface area contributed by atoms with E-state index in [1.165, 1.54) is 13.1 Å². The molecule has 12 heteroatoms. The number of H-pyrrole nitrogens is 1. The van der Waals surface area contributed by atoms with Gasteiger partial charge in [-0.1, -0.05) is 59.3 Å². The number of halogens is 1. The zero-order valence-corrected chi connectivity index (χ0v) is 26.1. The molecule has 11 nitrogen and oxygen atoms in total. The number of piperidine rings is 1. The van der Waals surface area contributed by atoms with E-state index in [-0.39, 0.29) is 24.9 Å². The Hall–Kier alpha value is -4.68. The first-order valence-electron chi connectivity index (χ1n) is 15.5. The number of likely N-dealkylation sites (tertiary alicyclic amines) is 1. The number of ether oxygens (including phenoxy) is 1. The summed E-state index contributed by atoms with van der Waals surface area (Å²) in [5.41, 5.74) is 2.50. The minimum atomic E-state index is -1.50. The Kier molecular flexibility index (Phi) is 10.7. The Morgan fingerprint density at radius 3 is 2.67 bits per heavy atom. The molecule has 1 aliphatic rings. The third-order valence-corrected chi connectivity index (χ3v) is 8.51. The van der Waals surface area contributed by atoms with Crippen molar-refractivity contribution < 1.29 is 23.8 Å². The van der Waals surface area contributed by atoms with E-state index in [1.807, 2.05) is 55.5 Å². The van der Waals surface area contributed by atoms with Crippen LogP contribution >= 0.6 is 0 Å². The van der Waals surface area contributed by atoms with Crippen LogP contribution in [0.3, 0.4) is 0 Å². The fourth-order valence-corrected chi connectivity index (χ4v) is 6.19. The Labute approximate surface area is 267 Å². The molecule has 46 heavy (non-hydrogen) atoms. The van der Waals surface area contributed by atoms with Gasteiger partial charge in [0, 0.05) is 43.7 Å². The molecule has 2 amide bonds. The van der Waals surface area contributed by atoms with Gasteiger partial charge in [0.15, 0.2) is 5.82 Å². The van der Waals surface area contributed by atoms with E-state index in [0.717, 1.165) is 11.1 Å². The van der Waals surface area contributed by atoms with Gasteiger partial charge >= 0.3 is 6.09 Å². The maximum absolute atomic E-state index is 15.6. The number of carbonyl (C=O) groups excluding carboxylic acids is 2. The molecule has 2 heterocycles. The smallest absolute Gasteiger partial charge is 0.406 e. The van der Waals surface area contributed by atoms with Crippen molar-refractivity contribution in [3.05, 3.63) is 101 Å². The molecule has 0 spiro atoms. The van der Waals surface area contributed by atoms with Crippen LogP contribution in [0.4, 0.5) is 9.18 Å². The maximum atomic E-state index is 15.6. The lowest BCUT2D eigenvalue weighted by atomic mass is 9.72. The molecule has 1 aliphatic heterocycles. The minimum absolute atomic E-state index is 0.0861. The van der Waals surface area contributed by atoms with Crippen molar-refractivity contribution in [1.82, 2.24) is 36.2 Å². The van der Waals surface area contributed by atoms with E-state index in [1.54, 1.807) is 17.0 Å². The predicted octanol–water partition coefficient (Wildman–Crippen LogP) is 4.48. The molecular weight excluding hydrogens is 589 g/mol. The maximum Gasteiger partial charge on any atom is 0.406 e. The second kappa shape index (κ2) is 15.1. The van der Waals surface area contributed by atoms with Gasteiger partial charge in [0.25, 0.3) is 5.91 Å². The third kappa shape index (κ3) is 7.75. The largest absolute Gasteiger partial charge is 0.450 e. The average Bonchev–Trinajstić information content (AvgIpc) is 3.60. The number of aliphatic hydroxyl groups is 1. The lowest BCUT2D eigenvalue weighted by Gasteiger charge is -2.43. The summed E-state index contributed by atoms with van der Waals surface area (Å²) >= 11 is 0. The highest BCUT2D eigenvalue weighted by Gasteiger charge is 2.43. The minimum Gasteiger partial charge on any atom is -0.450 e. The normalized spacial score (nSPS) is 16.1. The van der Waals surface area contributed by atoms with E-state index >= 15 is 4.39 Å². The highest BCUT2D eigenvalue weighted by atomic mass is 19.1. The Balaban J connectivity index is 1.37. The van der Waals surface area contributed by atoms with Crippen molar-refractivity contribution in [2.45, 2.75) is 51.3 Å². The van der Waals surface area contributed by atoms with Crippen LogP contribution < -0.4 is 10.6 Å². The molecule has 0 unspecified atom stereocenters. The fraction of sp³-hybridized carbons (Fsp3) is 0.382. The Bertz CT molecular complexity index is 1620. The van der Waals surface area contributed by atoms with Crippen molar-refractivity contribution in [3.8, 4) is 11.1 Å². The second-order valence-electron chi connectivity index (χ2n) is 11.7. The molecule has 2 atom stereocenters. The molecule has 0 saturated carbocycles. The molecule has 0 bridgehead atoms. The zero-order valence-electron chi connectivity index (χ0n) is 26.1. The van der Waals surface area contributed by atoms with Gasteiger partial charge in [0.1, 0.15) is 5.82 Å². The van der Waals surface area contributed by atoms with E-state index in [9.17, 15) is 14.7 Å². The van der Waals surface area contributed by atoms with Crippen LogP contribution in [-0.2, 0) is 23.4 Å². The average molecular weight is 630 g/mol. The first kappa shape index (κ1) is 32.7. The van der Waals surface area contributed by atoms with Crippen LogP contribution in [0.2, 0.25) is 0 Å². The van der Waals surface area contributed by atoms with Crippen molar-refractivity contribution in [2.75, 3.05) is 26.7 Å². The van der Waals surface area contributed by atoms with Gasteiger partial charge in [-0.25, -0.2) is 9.18 Å². The molecule has 4 aromatic rings. The van der Waals surface area contributed by atoms with Gasteiger partial charge in [-0.3, -0.25) is 4.79 Å². The van der Waals surface area contributed by atoms with E-state index < -0.39 is 17.5 Å². The number of nitrogens with one attached hydrogen (secondary N) is 3. The Morgan fingerprint density at radius 2 is 1.93 bits per heavy atom. The summed E-state index contributed by atoms with van der Waals surface area (Å²) in [6.07, 6.45) is 1.33. The number of hydrogen-bond donors (Lipinski definition) is 4. The summed E-state index contributed by atoms with van der Waals surface area (Å²) in [7, 11) is 1.48. The van der Waals surface area contributed by atoms with Crippen molar-refractivity contribution in [1.29, 1.82) is 0 Å². The van der Waals surface area contributed by atoms with Gasteiger partial charge in [0.2, 0.25) is 0 Å². The van der Waals surface area contributed by atoms with Crippen molar-refractivity contribution in [2.24, 2.45) is 5.92 Å². The number of aromatic nitrogens is 4. The van der Waals surface area contributed by atoms with E-state index in [4.69, 9.17) is 4.74 Å². The number of alkyl carbamates (subject to hydrolysis) is 1. The van der Waals surface area contributed by atoms with E-state index in [2.05, 4.69) is 31.3 Å². The molecule has 0 aliphatic carbocycles. The molecule has 4 N–H and O–H groups in total. The first-order chi connectivity index (χ1) is 22.3. The highest BCUT2D eigenvalue weighted by Crippen LogP contribution is 2.44. The lowest BCUT2D eigenvalue weighted by Crippen LogP contribution is -2.48. The van der Waals surface area contributed by atoms with Crippen LogP contribution in [0, 0.1) is 18.7 Å². The van der Waals surface area contributed by atoms with E-state index in [0.29, 0.717) is 73.5 Å². The molecule has 0 radical (unpaired) electrons. The number of rotatable bonds is 12. The summed E-state index contributed by atoms with van der Waals surface area (Å²) in [6.45, 7) is 3.90. The number of amides is 2. The van der Waals surface area contributed by atoms with Crippen LogP contribution in [-0.4, -0.2) is 69.4 Å². The summed E-state index contributed by atoms with van der Waals surface area (Å²) in [5.74, 6) is -0.378. The molecule has 242 valence electrons. The molecule has 1 fully saturated rings. The second-order valence-corrected chi connectivity index (χ2v) is 11.7. The topological polar surface area (TPSA) is 145 Å². The number of carbonyl (C=O) groups is 2. The summed E-state index contributed by atoms with van der Waals surface area (Å²) < 4.78 is 20.9. The fourth-order valence-electron chi connectivity index (χ4n) is 6.19. The summed E-state index contributed by atoms with van der Waals surface area (Å²) in [5, 5.41) is 32.1. The lowest BCUT2D eigenvalue weighted by molar-refractivity contribution is -0.0590. The monoisotopic (exact) mass is 629 g/mol. The molecule has 3 aromatic carbocycles. The number of aromatic amines is 1. The van der Waals surface area contributed by atoms with Crippen LogP contribution in [0.1, 0.15) is 58.6 Å². The van der Waals surface area contributed by atoms with Gasteiger partial charge in [-0.15, -0.1) is 10.2 Å². The standard InChI is InChI=1S/C34H40FN7O4/c1-23-7-3-8-26(19-23)31-28(10-4-11-29(31)35)34(45,16-6-18-46-33(44)36-2)27-9-5-17-42(22-27)32(43)25-14-12-24(13-15-25)20-37-21-30-38-40-41-39-30/h3-4,7-8,10-15,19,27,37,45H,5-6,9,16-18,20-22H2,1-2H3,(H,36,44)(H,38,39,40,41)/t27-,34+/m1/s1. The molecule has 1 saturated heterocycles. The van der Waals surface area contributed by atoms with Crippen LogP contribution in [0.15, 0.2) is 66.7 Å². The summed E-state index contributed by atoms with van der Waals surface area (Å²) in [6, 6.07) is 19.8. The van der Waals surface area contributed by atoms with Crippen molar-refractivity contribution in [3.63, 3.8) is 0 Å². The Morgan fingerprint density at radius 1 is 1.13 bits per heavy atom. The number of benzene rings is 3. The number of aryl methyl sites for hydroxylation is 1. The van der Waals surface area contributed by atoms with Crippen LogP contribution in [0.25, 0.3) is 11.1 Å². The molecule has 1 aromatic heterocycles. The quantitative estimate of drug-likeness (QED) is 0.168. The number of hydrogen-bond acceptors (Lipinski definition) is 8. The molecular formula is C34H40FN7O4. The zero-order chi connectivity index (χ0) is 32.5. The summed E-state index contributed by atoms with van der Waals surface area (Å²) in [4.78, 5) is 27.2. The predicted molar refractivity (Wildman–Crippen MR) is 170 cm³/mol. The van der Waals surface area contributed by atoms with Crippen molar-refractivity contribution >= 4 is 12.0 Å². The van der Waals surface area contributed by atoms with Crippen LogP contribution in [0.5, 0.6) is 0 Å². The highest BCUT2D eigenvalue weighted by molar-refractivity contribution is 5.94. The third-order valence-electron chi connectivity index (χ3n) is 8.51. The van der Waals surface area contributed by atoms with Gasteiger partial charge < -0.3 is 25.4 Å². The van der Waals surface area contributed by atoms with Gasteiger partial charge in [0.05, 0.1) is 18.8 Å². The SMILES string of the molecule is CNC(=O)OCCC[C@@](O)(c1cccc(F)c1-c1cccc(C)c1)[C@@H]1CCCN(C(=O)c2ccc(CNCc3nn[nH]n3)cc2)C1. The van der Waals surface area contributed by atoms with Gasteiger partial charge in [-0.05, 0) is 67.5 Å². The first-order valence-corrected chi connectivity index (χ1v) is 15.5.